The fourth-order valence-corrected chi connectivity index (χ4v) is 3.71. The smallest absolute Gasteiger partial charge is 0 e. The van der Waals surface area contributed by atoms with E-state index in [1.54, 1.807) is 0 Å². The monoisotopic (exact) mass is 636 g/mol. The van der Waals surface area contributed by atoms with Crippen molar-refractivity contribution in [3.8, 4) is 28.1 Å². The molecule has 6 rings (SSSR count). The average molecular weight is 636 g/mol. The summed E-state index contributed by atoms with van der Waals surface area (Å²) in [5, 5.41) is 6.81. The molecule has 0 spiro atoms. The first kappa shape index (κ1) is 20.0. The van der Waals surface area contributed by atoms with Crippen LogP contribution in [-0.2, 0) is 39.3 Å². The van der Waals surface area contributed by atoms with Crippen LogP contribution < -0.4 is 4.74 Å². The fourth-order valence-electron chi connectivity index (χ4n) is 3.71. The second-order valence-electron chi connectivity index (χ2n) is 6.66. The van der Waals surface area contributed by atoms with Crippen molar-refractivity contribution in [1.82, 2.24) is 9.97 Å². The number of benzene rings is 3. The van der Waals surface area contributed by atoms with Gasteiger partial charge in [-0.25, -0.2) is 4.98 Å². The van der Waals surface area contributed by atoms with Crippen molar-refractivity contribution in [2.45, 2.75) is 18.0 Å². The number of aromatic amines is 1. The molecule has 134 valence electrons. The van der Waals surface area contributed by atoms with Gasteiger partial charge in [0, 0.05) is 38.3 Å². The molecule has 0 bridgehead atoms. The Balaban J connectivity index is 0.000000622. The predicted molar refractivity (Wildman–Crippen MR) is 110 cm³/mol. The zero-order valence-electron chi connectivity index (χ0n) is 15.7. The van der Waals surface area contributed by atoms with E-state index in [9.17, 15) is 0 Å². The van der Waals surface area contributed by atoms with Crippen LogP contribution >= 0.6 is 0 Å². The van der Waals surface area contributed by atoms with Crippen molar-refractivity contribution in [2.75, 3.05) is 0 Å². The SMILES string of the molecule is Cc1ncc(-c2ccc3c(c2)COc2cc4c5c(ccc4cc2-3)[N-]5)[nH]1.[CH3][Pb].[Y]. The molecule has 0 amide bonds. The summed E-state index contributed by atoms with van der Waals surface area (Å²) in [6, 6.07) is 15.1. The second-order valence-corrected chi connectivity index (χ2v) is 6.66. The van der Waals surface area contributed by atoms with E-state index in [0.717, 1.165) is 39.8 Å². The summed E-state index contributed by atoms with van der Waals surface area (Å²) in [6.07, 6.45) is 1.88. The number of hydrogen-bond acceptors (Lipinski definition) is 2. The molecule has 0 saturated heterocycles. The molecule has 0 aliphatic carbocycles. The van der Waals surface area contributed by atoms with E-state index in [4.69, 9.17) is 4.74 Å². The van der Waals surface area contributed by atoms with Crippen molar-refractivity contribution in [1.29, 1.82) is 0 Å². The summed E-state index contributed by atoms with van der Waals surface area (Å²) in [6.45, 7) is 2.55. The molecule has 4 aromatic rings. The van der Waals surface area contributed by atoms with E-state index >= 15 is 0 Å². The summed E-state index contributed by atoms with van der Waals surface area (Å²) < 4.78 is 8.20. The minimum atomic E-state index is 0. The largest absolute Gasteiger partial charge is 0 e. The van der Waals surface area contributed by atoms with Crippen LogP contribution in [0.5, 0.6) is 5.75 Å². The van der Waals surface area contributed by atoms with Gasteiger partial charge in [0.25, 0.3) is 0 Å². The molecule has 3 aromatic carbocycles. The Morgan fingerprint density at radius 3 is 2.71 bits per heavy atom. The first-order valence-electron chi connectivity index (χ1n) is 8.87. The van der Waals surface area contributed by atoms with Crippen molar-refractivity contribution < 1.29 is 37.4 Å². The van der Waals surface area contributed by atoms with Gasteiger partial charge in [-0.15, -0.1) is 5.69 Å². The van der Waals surface area contributed by atoms with Crippen LogP contribution in [0.2, 0.25) is 4.48 Å². The Kier molecular flexibility index (Phi) is 5.64. The average Bonchev–Trinajstić information content (AvgIpc) is 3.40. The Bertz CT molecular complexity index is 1200. The van der Waals surface area contributed by atoms with Crippen molar-refractivity contribution in [2.24, 2.45) is 0 Å². The number of rotatable bonds is 1. The maximum absolute atomic E-state index is 6.06. The summed E-state index contributed by atoms with van der Waals surface area (Å²) in [7, 11) is 0. The van der Waals surface area contributed by atoms with Crippen LogP contribution in [0.1, 0.15) is 11.4 Å². The summed E-state index contributed by atoms with van der Waals surface area (Å²) in [5.74, 6) is 1.87. The Labute approximate surface area is 205 Å². The molecule has 2 aliphatic rings. The van der Waals surface area contributed by atoms with Gasteiger partial charge >= 0.3 is 30.3 Å². The number of hydrogen-bond donors (Lipinski definition) is 1. The predicted octanol–water partition coefficient (Wildman–Crippen LogP) is 5.95. The summed E-state index contributed by atoms with van der Waals surface area (Å²) in [4.78, 5) is 7.58. The number of ether oxygens (including phenoxy) is 1. The Hall–Kier alpha value is -1.24. The molecular formula is C22H17N3OPbY-. The molecule has 4 radical (unpaired) electrons. The van der Waals surface area contributed by atoms with E-state index < -0.39 is 0 Å². The first-order chi connectivity index (χ1) is 13.3. The Morgan fingerprint density at radius 1 is 1.07 bits per heavy atom. The zero-order chi connectivity index (χ0) is 18.5. The maximum atomic E-state index is 6.06. The zero-order valence-corrected chi connectivity index (χ0v) is 22.4. The number of nitrogens with one attached hydrogen (secondary N) is 1. The fraction of sp³-hybridized carbons (Fsp3) is 0.136. The molecule has 3 heterocycles. The minimum absolute atomic E-state index is 0. The van der Waals surface area contributed by atoms with Gasteiger partial charge in [0.15, 0.2) is 0 Å². The van der Waals surface area contributed by atoms with Gasteiger partial charge in [0.2, 0.25) is 0 Å². The van der Waals surface area contributed by atoms with Crippen molar-refractivity contribution >= 4 is 47.9 Å². The molecule has 4 nitrogen and oxygen atoms in total. The van der Waals surface area contributed by atoms with E-state index in [0.29, 0.717) is 6.61 Å². The number of fused-ring (bicyclic) bond motifs is 6. The molecule has 0 saturated carbocycles. The van der Waals surface area contributed by atoms with Gasteiger partial charge in [-0.05, 0) is 52.6 Å². The van der Waals surface area contributed by atoms with Gasteiger partial charge in [-0.3, -0.25) is 0 Å². The topological polar surface area (TPSA) is 52.0 Å². The third-order valence-corrected chi connectivity index (χ3v) is 5.04. The number of aryl methyl sites for hydroxylation is 1. The maximum Gasteiger partial charge on any atom is 0 e. The summed E-state index contributed by atoms with van der Waals surface area (Å²) >= 11 is 1.31. The van der Waals surface area contributed by atoms with Crippen molar-refractivity contribution in [3.05, 3.63) is 65.4 Å². The first-order valence-corrected chi connectivity index (χ1v) is 12.8. The van der Waals surface area contributed by atoms with Crippen molar-refractivity contribution in [3.63, 3.8) is 0 Å². The van der Waals surface area contributed by atoms with E-state index in [1.165, 1.54) is 47.7 Å². The van der Waals surface area contributed by atoms with Crippen LogP contribution in [0.4, 0.5) is 11.4 Å². The second kappa shape index (κ2) is 7.88. The molecule has 6 heteroatoms. The van der Waals surface area contributed by atoms with Gasteiger partial charge < -0.3 is 15.0 Å². The third-order valence-electron chi connectivity index (χ3n) is 5.04. The van der Waals surface area contributed by atoms with E-state index in [2.05, 4.69) is 62.2 Å². The molecule has 1 N–H and O–H groups in total. The molecule has 28 heavy (non-hydrogen) atoms. The molecule has 0 unspecified atom stereocenters. The van der Waals surface area contributed by atoms with E-state index in [1.807, 2.05) is 13.1 Å². The summed E-state index contributed by atoms with van der Waals surface area (Å²) in [5.41, 5.74) is 7.98. The van der Waals surface area contributed by atoms with Crippen LogP contribution in [0, 0.1) is 6.92 Å². The minimum Gasteiger partial charge on any atom is 0 e. The van der Waals surface area contributed by atoms with E-state index in [-0.39, 0.29) is 32.7 Å². The number of aromatic nitrogens is 2. The third kappa shape index (κ3) is 3.33. The van der Waals surface area contributed by atoms with Gasteiger partial charge in [0.1, 0.15) is 18.2 Å². The molecule has 2 aliphatic heterocycles. The molecular weight excluding hydrogens is 618 g/mol. The van der Waals surface area contributed by atoms with Gasteiger partial charge in [-0.2, -0.15) is 5.69 Å². The number of imidazole rings is 1. The number of nitrogens with zero attached hydrogens (tertiary/aromatic N) is 2. The van der Waals surface area contributed by atoms with Crippen LogP contribution in [0.15, 0.2) is 48.7 Å². The van der Waals surface area contributed by atoms with Gasteiger partial charge in [0.05, 0.1) is 11.9 Å². The normalized spacial score (nSPS) is 12.2. The standard InChI is InChI=1S/C21H14N3O.CH3.Pb.Y/c1-11-22-9-19(23-11)13-2-4-15-14(6-13)10-25-20-8-16-12(7-17(15)20)3-5-18-21(16)24-18;;;/h2-9H,10H2,1H3,(H,22,23);1H3;;/q-1;;;. The van der Waals surface area contributed by atoms with Gasteiger partial charge in [-0.1, -0.05) is 24.3 Å². The van der Waals surface area contributed by atoms with Crippen LogP contribution in [-0.4, -0.2) is 35.7 Å². The molecule has 0 fully saturated rings. The Morgan fingerprint density at radius 2 is 1.93 bits per heavy atom. The van der Waals surface area contributed by atoms with Crippen LogP contribution in [0.25, 0.3) is 38.5 Å². The number of H-pyrrole nitrogens is 1. The van der Waals surface area contributed by atoms with Crippen LogP contribution in [0.3, 0.4) is 0 Å². The quantitative estimate of drug-likeness (QED) is 0.183. The molecule has 1 aromatic heterocycles. The molecule has 0 atom stereocenters.